The van der Waals surface area contributed by atoms with Crippen LogP contribution in [-0.4, -0.2) is 29.4 Å². The molecule has 0 amide bonds. The fourth-order valence-corrected chi connectivity index (χ4v) is 4.96. The van der Waals surface area contributed by atoms with Crippen LogP contribution in [0, 0.1) is 5.92 Å². The SMILES string of the molecule is O=C(C[C@@H](Cc1ccc(C(=O)c2ccccc2)cc1)C(=O)O)OCC1c2ccccc2-c2ccccc21. The fraction of sp³-hybridized carbons (Fsp3) is 0.156. The second-order valence-corrected chi connectivity index (χ2v) is 9.25. The molecule has 5 rings (SSSR count). The number of carbonyl (C=O) groups excluding carboxylic acids is 2. The summed E-state index contributed by atoms with van der Waals surface area (Å²) in [6.07, 6.45) is -0.0601. The van der Waals surface area contributed by atoms with Gasteiger partial charge in [-0.2, -0.15) is 0 Å². The summed E-state index contributed by atoms with van der Waals surface area (Å²) in [6.45, 7) is 0.162. The third-order valence-electron chi connectivity index (χ3n) is 6.87. The monoisotopic (exact) mass is 490 g/mol. The zero-order valence-corrected chi connectivity index (χ0v) is 20.2. The van der Waals surface area contributed by atoms with Gasteiger partial charge in [0.05, 0.1) is 12.3 Å². The maximum Gasteiger partial charge on any atom is 0.307 e. The van der Waals surface area contributed by atoms with Crippen LogP contribution in [0.25, 0.3) is 11.1 Å². The van der Waals surface area contributed by atoms with Gasteiger partial charge in [-0.25, -0.2) is 0 Å². The van der Waals surface area contributed by atoms with Crippen LogP contribution in [0.3, 0.4) is 0 Å². The van der Waals surface area contributed by atoms with Crippen LogP contribution in [0.2, 0.25) is 0 Å². The van der Waals surface area contributed by atoms with Crippen LogP contribution in [0.15, 0.2) is 103 Å². The highest BCUT2D eigenvalue weighted by Gasteiger charge is 2.30. The van der Waals surface area contributed by atoms with Gasteiger partial charge in [0.2, 0.25) is 0 Å². The van der Waals surface area contributed by atoms with Gasteiger partial charge in [-0.1, -0.05) is 103 Å². The van der Waals surface area contributed by atoms with E-state index in [1.54, 1.807) is 36.4 Å². The van der Waals surface area contributed by atoms with Gasteiger partial charge in [0.15, 0.2) is 5.78 Å². The normalized spacial score (nSPS) is 12.9. The Morgan fingerprint density at radius 2 is 1.24 bits per heavy atom. The molecule has 5 heteroatoms. The smallest absolute Gasteiger partial charge is 0.307 e. The van der Waals surface area contributed by atoms with Gasteiger partial charge in [-0.15, -0.1) is 0 Å². The zero-order valence-electron chi connectivity index (χ0n) is 20.2. The number of benzene rings is 4. The van der Waals surface area contributed by atoms with Crippen LogP contribution in [0.4, 0.5) is 0 Å². The molecule has 0 unspecified atom stereocenters. The molecule has 0 fully saturated rings. The number of rotatable bonds is 9. The van der Waals surface area contributed by atoms with E-state index in [9.17, 15) is 19.5 Å². The first-order valence-corrected chi connectivity index (χ1v) is 12.3. The van der Waals surface area contributed by atoms with Crippen molar-refractivity contribution in [2.24, 2.45) is 5.92 Å². The molecule has 1 aliphatic rings. The van der Waals surface area contributed by atoms with Crippen molar-refractivity contribution < 1.29 is 24.2 Å². The fourth-order valence-electron chi connectivity index (χ4n) is 4.96. The predicted octanol–water partition coefficient (Wildman–Crippen LogP) is 5.91. The van der Waals surface area contributed by atoms with Crippen molar-refractivity contribution >= 4 is 17.7 Å². The minimum atomic E-state index is -1.06. The van der Waals surface area contributed by atoms with Gasteiger partial charge in [0, 0.05) is 17.0 Å². The first-order chi connectivity index (χ1) is 18.0. The summed E-state index contributed by atoms with van der Waals surface area (Å²) >= 11 is 0. The lowest BCUT2D eigenvalue weighted by Gasteiger charge is -2.16. The van der Waals surface area contributed by atoms with Crippen molar-refractivity contribution in [3.05, 3.63) is 131 Å². The molecule has 0 saturated heterocycles. The van der Waals surface area contributed by atoms with E-state index in [2.05, 4.69) is 12.1 Å². The Morgan fingerprint density at radius 1 is 0.703 bits per heavy atom. The molecular formula is C32H26O5. The van der Waals surface area contributed by atoms with E-state index in [0.29, 0.717) is 11.1 Å². The van der Waals surface area contributed by atoms with Crippen molar-refractivity contribution in [2.75, 3.05) is 6.61 Å². The Kier molecular flexibility index (Phi) is 6.95. The minimum absolute atomic E-state index is 0.0747. The lowest BCUT2D eigenvalue weighted by Crippen LogP contribution is -2.23. The summed E-state index contributed by atoms with van der Waals surface area (Å²) in [7, 11) is 0. The summed E-state index contributed by atoms with van der Waals surface area (Å²) < 4.78 is 5.61. The number of hydrogen-bond acceptors (Lipinski definition) is 4. The van der Waals surface area contributed by atoms with Crippen LogP contribution in [0.5, 0.6) is 0 Å². The molecule has 0 heterocycles. The largest absolute Gasteiger partial charge is 0.481 e. The number of carbonyl (C=O) groups is 3. The highest BCUT2D eigenvalue weighted by atomic mass is 16.5. The second-order valence-electron chi connectivity index (χ2n) is 9.25. The molecule has 1 aliphatic carbocycles. The quantitative estimate of drug-likeness (QED) is 0.233. The van der Waals surface area contributed by atoms with Crippen molar-refractivity contribution in [1.29, 1.82) is 0 Å². The van der Waals surface area contributed by atoms with Crippen LogP contribution in [-0.2, 0) is 20.7 Å². The van der Waals surface area contributed by atoms with Gasteiger partial charge >= 0.3 is 11.9 Å². The van der Waals surface area contributed by atoms with Crippen molar-refractivity contribution in [3.63, 3.8) is 0 Å². The predicted molar refractivity (Wildman–Crippen MR) is 140 cm³/mol. The Morgan fingerprint density at radius 3 is 1.84 bits per heavy atom. The number of ether oxygens (including phenoxy) is 1. The molecule has 4 aromatic rings. The molecule has 5 nitrogen and oxygen atoms in total. The van der Waals surface area contributed by atoms with Crippen LogP contribution in [0.1, 0.15) is 45.0 Å². The zero-order chi connectivity index (χ0) is 25.8. The van der Waals surface area contributed by atoms with E-state index < -0.39 is 17.9 Å². The van der Waals surface area contributed by atoms with Gasteiger partial charge in [0.1, 0.15) is 6.61 Å². The average Bonchev–Trinajstić information content (AvgIpc) is 3.25. The molecule has 0 spiro atoms. The maximum atomic E-state index is 12.7. The van der Waals surface area contributed by atoms with Crippen molar-refractivity contribution in [2.45, 2.75) is 18.8 Å². The molecule has 1 N–H and O–H groups in total. The molecular weight excluding hydrogens is 464 g/mol. The average molecular weight is 491 g/mol. The third-order valence-corrected chi connectivity index (χ3v) is 6.87. The minimum Gasteiger partial charge on any atom is -0.481 e. The van der Waals surface area contributed by atoms with Gasteiger partial charge in [-0.05, 0) is 34.2 Å². The Hall–Kier alpha value is -4.51. The van der Waals surface area contributed by atoms with Crippen molar-refractivity contribution in [3.8, 4) is 11.1 Å². The maximum absolute atomic E-state index is 12.7. The number of carboxylic acids is 1. The van der Waals surface area contributed by atoms with Crippen molar-refractivity contribution in [1.82, 2.24) is 0 Å². The van der Waals surface area contributed by atoms with E-state index in [-0.39, 0.29) is 31.1 Å². The molecule has 0 saturated carbocycles. The summed E-state index contributed by atoms with van der Waals surface area (Å²) in [4.78, 5) is 37.2. The summed E-state index contributed by atoms with van der Waals surface area (Å²) in [5.41, 5.74) is 6.34. The topological polar surface area (TPSA) is 80.7 Å². The highest BCUT2D eigenvalue weighted by Crippen LogP contribution is 2.44. The van der Waals surface area contributed by atoms with Gasteiger partial charge < -0.3 is 9.84 Å². The lowest BCUT2D eigenvalue weighted by atomic mass is 9.94. The number of carboxylic acid groups (broad SMARTS) is 1. The Balaban J connectivity index is 1.22. The first-order valence-electron chi connectivity index (χ1n) is 12.3. The molecule has 184 valence electrons. The van der Waals surface area contributed by atoms with Gasteiger partial charge in [-0.3, -0.25) is 14.4 Å². The third kappa shape index (κ3) is 5.21. The number of ketones is 1. The first kappa shape index (κ1) is 24.2. The number of esters is 1. The van der Waals surface area contributed by atoms with E-state index in [1.165, 1.54) is 0 Å². The highest BCUT2D eigenvalue weighted by molar-refractivity contribution is 6.08. The van der Waals surface area contributed by atoms with Crippen LogP contribution < -0.4 is 0 Å². The summed E-state index contributed by atoms with van der Waals surface area (Å²) in [5.74, 6) is -2.69. The second kappa shape index (κ2) is 10.6. The van der Waals surface area contributed by atoms with Crippen LogP contribution >= 0.6 is 0 Å². The van der Waals surface area contributed by atoms with E-state index in [4.69, 9.17) is 4.74 Å². The lowest BCUT2D eigenvalue weighted by molar-refractivity contribution is -0.151. The number of hydrogen-bond donors (Lipinski definition) is 1. The van der Waals surface area contributed by atoms with E-state index in [0.717, 1.165) is 27.8 Å². The number of aliphatic carboxylic acids is 1. The Bertz CT molecular complexity index is 1390. The number of fused-ring (bicyclic) bond motifs is 3. The Labute approximate surface area is 215 Å². The molecule has 37 heavy (non-hydrogen) atoms. The standard InChI is InChI=1S/C32H26O5/c33-30(37-20-29-27-12-6-4-10-25(27)26-11-5-7-13-28(26)29)19-24(32(35)36)18-21-14-16-23(17-15-21)31(34)22-8-2-1-3-9-22/h1-17,24,29H,18-20H2,(H,35,36)/t24-/m1/s1. The van der Waals surface area contributed by atoms with E-state index in [1.807, 2.05) is 54.6 Å². The molecule has 0 aliphatic heterocycles. The van der Waals surface area contributed by atoms with Gasteiger partial charge in [0.25, 0.3) is 0 Å². The molecule has 0 bridgehead atoms. The summed E-state index contributed by atoms with van der Waals surface area (Å²) in [6, 6.07) is 32.0. The molecule has 0 aromatic heterocycles. The molecule has 0 radical (unpaired) electrons. The van der Waals surface area contributed by atoms with E-state index >= 15 is 0 Å². The summed E-state index contributed by atoms with van der Waals surface area (Å²) in [5, 5.41) is 9.75. The molecule has 1 atom stereocenters. The molecule has 4 aromatic carbocycles.